The molecule has 0 radical (unpaired) electrons. The largest absolute Gasteiger partial charge is 0.382 e. The molecule has 0 unspecified atom stereocenters. The van der Waals surface area contributed by atoms with Crippen molar-refractivity contribution in [1.82, 2.24) is 20.1 Å². The Bertz CT molecular complexity index is 1830. The van der Waals surface area contributed by atoms with E-state index in [0.29, 0.717) is 103 Å². The smallest absolute Gasteiger partial charge is 0.248 e. The number of nitrogens with zero attached hydrogens (tertiary/aromatic N) is 3. The molecule has 4 amide bonds. The second kappa shape index (κ2) is 23.7. The number of pyridine rings is 1. The summed E-state index contributed by atoms with van der Waals surface area (Å²) >= 11 is 0. The van der Waals surface area contributed by atoms with E-state index in [4.69, 9.17) is 23.7 Å². The van der Waals surface area contributed by atoms with Crippen LogP contribution in [-0.4, -0.2) is 132 Å². The molecule has 2 aliphatic rings. The number of likely N-dealkylation sites (tertiary alicyclic amines) is 1. The first kappa shape index (κ1) is 45.3. The Labute approximate surface area is 347 Å². The highest BCUT2D eigenvalue weighted by Crippen LogP contribution is 2.38. The lowest BCUT2D eigenvalue weighted by atomic mass is 9.74. The van der Waals surface area contributed by atoms with Gasteiger partial charge in [-0.3, -0.25) is 19.2 Å². The maximum Gasteiger partial charge on any atom is 0.248 e. The van der Waals surface area contributed by atoms with Crippen LogP contribution in [0, 0.1) is 5.41 Å². The molecule has 3 heterocycles. The minimum absolute atomic E-state index is 0.0713. The molecule has 15 nitrogen and oxygen atoms in total. The van der Waals surface area contributed by atoms with Crippen molar-refractivity contribution >= 4 is 35.1 Å². The van der Waals surface area contributed by atoms with Crippen LogP contribution in [-0.2, 0) is 68.8 Å². The van der Waals surface area contributed by atoms with Gasteiger partial charge in [-0.15, -0.1) is 0 Å². The number of aromatic nitrogens is 1. The van der Waals surface area contributed by atoms with Crippen LogP contribution < -0.4 is 16.0 Å². The molecule has 1 saturated heterocycles. The summed E-state index contributed by atoms with van der Waals surface area (Å²) in [5, 5.41) is 9.09. The maximum atomic E-state index is 14.7. The summed E-state index contributed by atoms with van der Waals surface area (Å²) in [7, 11) is 3.50. The molecular formula is C44H60N6O9. The Hall–Kier alpha value is -4.77. The van der Waals surface area contributed by atoms with Gasteiger partial charge >= 0.3 is 0 Å². The highest BCUT2D eigenvalue weighted by atomic mass is 16.6. The minimum atomic E-state index is -0.747. The van der Waals surface area contributed by atoms with Crippen LogP contribution in [0.5, 0.6) is 0 Å². The summed E-state index contributed by atoms with van der Waals surface area (Å²) in [5.74, 6) is -0.212. The number of rotatable bonds is 23. The second-order valence-corrected chi connectivity index (χ2v) is 14.8. The molecule has 1 aromatic heterocycles. The van der Waals surface area contributed by atoms with Crippen LogP contribution in [0.15, 0.2) is 60.8 Å². The van der Waals surface area contributed by atoms with Gasteiger partial charge in [0.05, 0.1) is 64.7 Å². The van der Waals surface area contributed by atoms with Gasteiger partial charge in [0.2, 0.25) is 23.6 Å². The van der Waals surface area contributed by atoms with Gasteiger partial charge in [0.25, 0.3) is 0 Å². The third-order valence-electron chi connectivity index (χ3n) is 10.8. The third kappa shape index (κ3) is 13.6. The monoisotopic (exact) mass is 816 g/mol. The van der Waals surface area contributed by atoms with Crippen LogP contribution in [0.4, 0.5) is 11.5 Å². The van der Waals surface area contributed by atoms with Crippen molar-refractivity contribution in [2.75, 3.05) is 104 Å². The maximum absolute atomic E-state index is 14.7. The topological polar surface area (TPSA) is 170 Å². The van der Waals surface area contributed by atoms with E-state index in [1.54, 1.807) is 23.1 Å². The van der Waals surface area contributed by atoms with Crippen molar-refractivity contribution in [2.24, 2.45) is 5.41 Å². The van der Waals surface area contributed by atoms with Crippen molar-refractivity contribution < 1.29 is 42.9 Å². The van der Waals surface area contributed by atoms with E-state index in [0.717, 1.165) is 27.8 Å². The first-order valence-electron chi connectivity index (χ1n) is 20.5. The van der Waals surface area contributed by atoms with Crippen molar-refractivity contribution in [2.45, 2.75) is 52.1 Å². The molecule has 2 aliphatic heterocycles. The number of anilines is 2. The Morgan fingerprint density at radius 3 is 2.19 bits per heavy atom. The molecule has 3 aromatic rings. The number of amides is 4. The summed E-state index contributed by atoms with van der Waals surface area (Å²) in [6.45, 7) is 6.95. The molecule has 59 heavy (non-hydrogen) atoms. The number of nitrogens with one attached hydrogen (secondary N) is 3. The molecular weight excluding hydrogens is 757 g/mol. The third-order valence-corrected chi connectivity index (χ3v) is 10.8. The number of benzene rings is 2. The zero-order valence-corrected chi connectivity index (χ0v) is 34.7. The summed E-state index contributed by atoms with van der Waals surface area (Å²) in [4.78, 5) is 62.2. The van der Waals surface area contributed by atoms with Crippen molar-refractivity contribution in [3.05, 3.63) is 88.6 Å². The molecule has 3 N–H and O–H groups in total. The molecule has 1 fully saturated rings. The Morgan fingerprint density at radius 1 is 0.831 bits per heavy atom. The quantitative estimate of drug-likeness (QED) is 0.120. The predicted molar refractivity (Wildman–Crippen MR) is 223 cm³/mol. The molecule has 5 rings (SSSR count). The predicted octanol–water partition coefficient (Wildman–Crippen LogP) is 3.59. The summed E-state index contributed by atoms with van der Waals surface area (Å²) < 4.78 is 26.9. The molecule has 0 bridgehead atoms. The summed E-state index contributed by atoms with van der Waals surface area (Å²) in [6.07, 6.45) is 3.89. The first-order valence-corrected chi connectivity index (χ1v) is 20.5. The van der Waals surface area contributed by atoms with Crippen molar-refractivity contribution in [3.8, 4) is 0 Å². The van der Waals surface area contributed by atoms with Crippen LogP contribution in [0.3, 0.4) is 0 Å². The molecule has 15 heteroatoms. The Balaban J connectivity index is 1.16. The second-order valence-electron chi connectivity index (χ2n) is 14.8. The lowest BCUT2D eigenvalue weighted by Crippen LogP contribution is -2.52. The Morgan fingerprint density at radius 2 is 1.51 bits per heavy atom. The van der Waals surface area contributed by atoms with Crippen LogP contribution in [0.25, 0.3) is 0 Å². The van der Waals surface area contributed by atoms with Gasteiger partial charge in [-0.25, -0.2) is 4.98 Å². The molecule has 0 aliphatic carbocycles. The normalized spacial score (nSPS) is 14.7. The van der Waals surface area contributed by atoms with Crippen LogP contribution >= 0.6 is 0 Å². The Kier molecular flexibility index (Phi) is 18.2. The highest BCUT2D eigenvalue weighted by Gasteiger charge is 2.43. The number of carbonyl (C=O) groups excluding carboxylic acids is 4. The number of piperidine rings is 1. The number of methoxy groups -OCH3 is 1. The van der Waals surface area contributed by atoms with Gasteiger partial charge in [0.15, 0.2) is 0 Å². The van der Waals surface area contributed by atoms with Crippen LogP contribution in [0.1, 0.15) is 54.0 Å². The van der Waals surface area contributed by atoms with E-state index in [1.807, 2.05) is 68.6 Å². The van der Waals surface area contributed by atoms with E-state index in [1.165, 1.54) is 0 Å². The van der Waals surface area contributed by atoms with E-state index < -0.39 is 5.41 Å². The van der Waals surface area contributed by atoms with E-state index in [9.17, 15) is 19.2 Å². The standard InChI is InChI=1S/C44H60N6O9/c1-4-44(13-16-49(17-14-44)41(53)32-59-25-24-58-23-22-57-21-20-56-19-18-55-3)43(54)50(30-36-9-6-5-8-35(36)29-45-2)31-40(52)47-38-12-11-33-26-34-10-7-15-46-42(34)48-39(51)28-37(33)27-38/h5-12,15,27,45H,4,13-14,16-26,28-32H2,1-3H3,(H,47,52)(H,46,48,51). The zero-order valence-electron chi connectivity index (χ0n) is 34.7. The number of fused-ring (bicyclic) bond motifs is 2. The van der Waals surface area contributed by atoms with Gasteiger partial charge in [-0.1, -0.05) is 43.3 Å². The van der Waals surface area contributed by atoms with E-state index in [2.05, 4.69) is 20.9 Å². The molecule has 0 spiro atoms. The lowest BCUT2D eigenvalue weighted by Gasteiger charge is -2.43. The molecule has 0 atom stereocenters. The number of ether oxygens (including phenoxy) is 5. The number of carbonyl (C=O) groups is 4. The van der Waals surface area contributed by atoms with Gasteiger partial charge in [-0.2, -0.15) is 0 Å². The zero-order chi connectivity index (χ0) is 41.9. The number of hydrogen-bond acceptors (Lipinski definition) is 11. The fourth-order valence-electron chi connectivity index (χ4n) is 7.43. The molecule has 2 aromatic carbocycles. The highest BCUT2D eigenvalue weighted by molar-refractivity contribution is 5.96. The van der Waals surface area contributed by atoms with Gasteiger partial charge in [0, 0.05) is 51.6 Å². The fourth-order valence-corrected chi connectivity index (χ4v) is 7.43. The average Bonchev–Trinajstić information content (AvgIpc) is 3.23. The molecule has 0 saturated carbocycles. The molecule has 320 valence electrons. The lowest BCUT2D eigenvalue weighted by molar-refractivity contribution is -0.151. The van der Waals surface area contributed by atoms with Gasteiger partial charge < -0.3 is 49.4 Å². The van der Waals surface area contributed by atoms with Gasteiger partial charge in [-0.05, 0) is 72.3 Å². The van der Waals surface area contributed by atoms with Crippen LogP contribution in [0.2, 0.25) is 0 Å². The SMILES string of the molecule is CCC1(C(=O)N(CC(=O)Nc2ccc3c(c2)CC(=O)Nc2ncccc2C3)Cc2ccccc2CNC)CCN(C(=O)COCCOCCOCCOCCOC)CC1. The van der Waals surface area contributed by atoms with E-state index >= 15 is 0 Å². The average molecular weight is 817 g/mol. The fraction of sp³-hybridized carbons (Fsp3) is 0.523. The minimum Gasteiger partial charge on any atom is -0.382 e. The van der Waals surface area contributed by atoms with E-state index in [-0.39, 0.29) is 56.4 Å². The van der Waals surface area contributed by atoms with Crippen molar-refractivity contribution in [1.29, 1.82) is 0 Å². The first-order chi connectivity index (χ1) is 28.7. The number of hydrogen-bond donors (Lipinski definition) is 3. The van der Waals surface area contributed by atoms with Crippen molar-refractivity contribution in [3.63, 3.8) is 0 Å². The van der Waals surface area contributed by atoms with Gasteiger partial charge in [0.1, 0.15) is 19.0 Å². The summed E-state index contributed by atoms with van der Waals surface area (Å²) in [5.41, 5.74) is 4.49. The summed E-state index contributed by atoms with van der Waals surface area (Å²) in [6, 6.07) is 17.3.